The smallest absolute Gasteiger partial charge is 0.221 e. The minimum atomic E-state index is -0.117. The van der Waals surface area contributed by atoms with Crippen LogP contribution in [0.15, 0.2) is 0 Å². The average molecular weight is 254 g/mol. The first-order chi connectivity index (χ1) is 8.42. The molecule has 2 atom stereocenters. The zero-order chi connectivity index (χ0) is 13.6. The summed E-state index contributed by atoms with van der Waals surface area (Å²) in [6.45, 7) is 9.14. The van der Waals surface area contributed by atoms with E-state index in [2.05, 4.69) is 17.6 Å². The summed E-state index contributed by atoms with van der Waals surface area (Å²) in [7, 11) is 0. The molecule has 0 aromatic rings. The summed E-state index contributed by atoms with van der Waals surface area (Å²) in [5.41, 5.74) is -0.117. The lowest BCUT2D eigenvalue weighted by Gasteiger charge is -2.31. The van der Waals surface area contributed by atoms with E-state index in [4.69, 9.17) is 0 Å². The Morgan fingerprint density at radius 2 is 1.89 bits per heavy atom. The quantitative estimate of drug-likeness (QED) is 0.792. The Morgan fingerprint density at radius 3 is 2.50 bits per heavy atom. The molecule has 1 aliphatic rings. The third kappa shape index (κ3) is 5.85. The number of amides is 1. The van der Waals surface area contributed by atoms with Crippen LogP contribution in [0.3, 0.4) is 0 Å². The topological polar surface area (TPSA) is 41.1 Å². The van der Waals surface area contributed by atoms with Crippen LogP contribution in [0.5, 0.6) is 0 Å². The number of nitrogens with one attached hydrogen (secondary N) is 2. The number of rotatable bonds is 5. The van der Waals surface area contributed by atoms with Gasteiger partial charge >= 0.3 is 0 Å². The molecule has 0 aromatic carbocycles. The Hall–Kier alpha value is -0.570. The van der Waals surface area contributed by atoms with Gasteiger partial charge in [-0.2, -0.15) is 0 Å². The Labute approximate surface area is 112 Å². The number of hydrogen-bond acceptors (Lipinski definition) is 2. The van der Waals surface area contributed by atoms with E-state index in [0.29, 0.717) is 12.5 Å². The zero-order valence-electron chi connectivity index (χ0n) is 12.5. The molecule has 2 unspecified atom stereocenters. The Kier molecular flexibility index (Phi) is 6.13. The molecule has 1 fully saturated rings. The van der Waals surface area contributed by atoms with Crippen molar-refractivity contribution >= 4 is 5.91 Å². The van der Waals surface area contributed by atoms with Gasteiger partial charge in [0.25, 0.3) is 0 Å². The fourth-order valence-corrected chi connectivity index (χ4v) is 2.82. The van der Waals surface area contributed by atoms with Crippen LogP contribution in [-0.4, -0.2) is 24.0 Å². The van der Waals surface area contributed by atoms with Gasteiger partial charge in [0.15, 0.2) is 0 Å². The second-order valence-corrected chi connectivity index (χ2v) is 6.56. The van der Waals surface area contributed by atoms with Crippen LogP contribution in [0.4, 0.5) is 0 Å². The lowest BCUT2D eigenvalue weighted by Crippen LogP contribution is -2.43. The van der Waals surface area contributed by atoms with Gasteiger partial charge < -0.3 is 10.6 Å². The van der Waals surface area contributed by atoms with Gasteiger partial charge in [0, 0.05) is 24.5 Å². The van der Waals surface area contributed by atoms with Crippen molar-refractivity contribution in [2.75, 3.05) is 6.54 Å². The van der Waals surface area contributed by atoms with E-state index < -0.39 is 0 Å². The molecule has 1 aliphatic carbocycles. The van der Waals surface area contributed by atoms with Gasteiger partial charge in [0.05, 0.1) is 0 Å². The summed E-state index contributed by atoms with van der Waals surface area (Å²) in [5, 5.41) is 6.58. The van der Waals surface area contributed by atoms with Crippen molar-refractivity contribution in [3.05, 3.63) is 0 Å². The molecule has 2 N–H and O–H groups in total. The van der Waals surface area contributed by atoms with E-state index in [1.54, 1.807) is 0 Å². The van der Waals surface area contributed by atoms with Crippen LogP contribution in [0.25, 0.3) is 0 Å². The highest BCUT2D eigenvalue weighted by Crippen LogP contribution is 2.26. The second-order valence-electron chi connectivity index (χ2n) is 6.56. The lowest BCUT2D eigenvalue weighted by atomic mass is 9.83. The molecular formula is C15H30N2O. The third-order valence-electron chi connectivity index (χ3n) is 3.71. The molecule has 3 nitrogen and oxygen atoms in total. The number of carbonyl (C=O) groups is 1. The number of carbonyl (C=O) groups excluding carboxylic acids is 1. The minimum Gasteiger partial charge on any atom is -0.351 e. The summed E-state index contributed by atoms with van der Waals surface area (Å²) in [5.74, 6) is 0.961. The molecule has 0 aromatic heterocycles. The first kappa shape index (κ1) is 15.5. The first-order valence-corrected chi connectivity index (χ1v) is 7.47. The molecule has 0 radical (unpaired) electrons. The average Bonchev–Trinajstić information content (AvgIpc) is 2.27. The molecule has 3 heteroatoms. The normalized spacial score (nSPS) is 24.9. The number of hydrogen-bond donors (Lipinski definition) is 2. The standard InChI is InChI=1S/C15H30N2O/c1-5-12-8-6-7-9-13(12)16-11-10-14(18)17-15(2,3)4/h12-13,16H,5-11H2,1-4H3,(H,17,18). The van der Waals surface area contributed by atoms with Crippen molar-refractivity contribution in [2.45, 2.75) is 77.8 Å². The van der Waals surface area contributed by atoms with Crippen molar-refractivity contribution in [1.82, 2.24) is 10.6 Å². The Bertz CT molecular complexity index is 258. The first-order valence-electron chi connectivity index (χ1n) is 7.47. The fraction of sp³-hybridized carbons (Fsp3) is 0.933. The molecule has 0 heterocycles. The molecule has 1 rings (SSSR count). The van der Waals surface area contributed by atoms with Crippen LogP contribution in [0, 0.1) is 5.92 Å². The van der Waals surface area contributed by atoms with E-state index in [-0.39, 0.29) is 11.4 Å². The monoisotopic (exact) mass is 254 g/mol. The van der Waals surface area contributed by atoms with Gasteiger partial charge in [-0.15, -0.1) is 0 Å². The van der Waals surface area contributed by atoms with Gasteiger partial charge in [-0.05, 0) is 39.5 Å². The summed E-state index contributed by atoms with van der Waals surface area (Å²) < 4.78 is 0. The van der Waals surface area contributed by atoms with Gasteiger partial charge in [-0.1, -0.05) is 26.2 Å². The second kappa shape index (κ2) is 7.13. The van der Waals surface area contributed by atoms with Crippen LogP contribution in [-0.2, 0) is 4.79 Å². The molecule has 18 heavy (non-hydrogen) atoms. The van der Waals surface area contributed by atoms with Crippen molar-refractivity contribution in [3.8, 4) is 0 Å². The summed E-state index contributed by atoms with van der Waals surface area (Å²) in [6, 6.07) is 0.631. The molecule has 0 bridgehead atoms. The van der Waals surface area contributed by atoms with Crippen molar-refractivity contribution in [2.24, 2.45) is 5.92 Å². The Balaban J connectivity index is 2.22. The predicted octanol–water partition coefficient (Wildman–Crippen LogP) is 2.85. The minimum absolute atomic E-state index is 0.117. The molecule has 0 saturated heterocycles. The van der Waals surface area contributed by atoms with Crippen LogP contribution in [0.2, 0.25) is 0 Å². The Morgan fingerprint density at radius 1 is 1.22 bits per heavy atom. The molecular weight excluding hydrogens is 224 g/mol. The van der Waals surface area contributed by atoms with Gasteiger partial charge in [0.1, 0.15) is 0 Å². The van der Waals surface area contributed by atoms with E-state index in [0.717, 1.165) is 12.5 Å². The zero-order valence-corrected chi connectivity index (χ0v) is 12.5. The molecule has 1 saturated carbocycles. The van der Waals surface area contributed by atoms with Crippen LogP contribution < -0.4 is 10.6 Å². The summed E-state index contributed by atoms with van der Waals surface area (Å²) in [4.78, 5) is 11.7. The summed E-state index contributed by atoms with van der Waals surface area (Å²) >= 11 is 0. The lowest BCUT2D eigenvalue weighted by molar-refractivity contribution is -0.122. The third-order valence-corrected chi connectivity index (χ3v) is 3.71. The highest BCUT2D eigenvalue weighted by molar-refractivity contribution is 5.76. The maximum Gasteiger partial charge on any atom is 0.221 e. The maximum absolute atomic E-state index is 11.7. The van der Waals surface area contributed by atoms with Crippen LogP contribution >= 0.6 is 0 Å². The summed E-state index contributed by atoms with van der Waals surface area (Å²) in [6.07, 6.45) is 7.18. The van der Waals surface area contributed by atoms with Gasteiger partial charge in [-0.25, -0.2) is 0 Å². The van der Waals surface area contributed by atoms with Gasteiger partial charge in [-0.3, -0.25) is 4.79 Å². The largest absolute Gasteiger partial charge is 0.351 e. The molecule has 1 amide bonds. The van der Waals surface area contributed by atoms with E-state index in [1.165, 1.54) is 32.1 Å². The fourth-order valence-electron chi connectivity index (χ4n) is 2.82. The van der Waals surface area contributed by atoms with Gasteiger partial charge in [0.2, 0.25) is 5.91 Å². The van der Waals surface area contributed by atoms with Crippen molar-refractivity contribution in [3.63, 3.8) is 0 Å². The maximum atomic E-state index is 11.7. The van der Waals surface area contributed by atoms with Crippen LogP contribution in [0.1, 0.15) is 66.2 Å². The highest BCUT2D eigenvalue weighted by atomic mass is 16.1. The van der Waals surface area contributed by atoms with E-state index >= 15 is 0 Å². The highest BCUT2D eigenvalue weighted by Gasteiger charge is 2.23. The van der Waals surface area contributed by atoms with E-state index in [9.17, 15) is 4.79 Å². The van der Waals surface area contributed by atoms with E-state index in [1.807, 2.05) is 20.8 Å². The van der Waals surface area contributed by atoms with Crippen molar-refractivity contribution < 1.29 is 4.79 Å². The predicted molar refractivity (Wildman–Crippen MR) is 76.6 cm³/mol. The SMILES string of the molecule is CCC1CCCCC1NCCC(=O)NC(C)(C)C. The molecule has 106 valence electrons. The molecule has 0 aliphatic heterocycles. The van der Waals surface area contributed by atoms with Crippen molar-refractivity contribution in [1.29, 1.82) is 0 Å². The molecule has 0 spiro atoms.